The zero-order chi connectivity index (χ0) is 20.3. The standard InChI is InChI=1S/C24H33N3O/c1-17(2)21-10-6-7-11-22(21)25-24(28)20(5)26-13-15-27(16-14-26)23-12-8-9-18(3)19(23)4/h6-12,17,20H,13-16H2,1-5H3,(H,25,28)/p+1/t20-/m0/s1. The van der Waals surface area contributed by atoms with Crippen LogP contribution in [0.25, 0.3) is 0 Å². The van der Waals surface area contributed by atoms with E-state index in [2.05, 4.69) is 69.1 Å². The molecule has 3 rings (SSSR count). The Morgan fingerprint density at radius 1 is 1.00 bits per heavy atom. The number of rotatable bonds is 5. The summed E-state index contributed by atoms with van der Waals surface area (Å²) in [5.41, 5.74) is 6.17. The van der Waals surface area contributed by atoms with Crippen LogP contribution in [0.3, 0.4) is 0 Å². The lowest BCUT2D eigenvalue weighted by atomic mass is 10.0. The van der Waals surface area contributed by atoms with Crippen LogP contribution in [0.15, 0.2) is 42.5 Å². The van der Waals surface area contributed by atoms with Gasteiger partial charge in [0.2, 0.25) is 0 Å². The number of nitrogens with zero attached hydrogens (tertiary/aromatic N) is 1. The highest BCUT2D eigenvalue weighted by atomic mass is 16.2. The molecule has 150 valence electrons. The van der Waals surface area contributed by atoms with Crippen LogP contribution < -0.4 is 15.1 Å². The summed E-state index contributed by atoms with van der Waals surface area (Å²) in [6.07, 6.45) is 0. The minimum absolute atomic E-state index is 0.0547. The van der Waals surface area contributed by atoms with E-state index in [0.717, 1.165) is 31.9 Å². The Bertz CT molecular complexity index is 822. The largest absolute Gasteiger partial charge is 0.360 e. The Labute approximate surface area is 169 Å². The van der Waals surface area contributed by atoms with Crippen LogP contribution in [0.2, 0.25) is 0 Å². The second kappa shape index (κ2) is 8.78. The maximum absolute atomic E-state index is 12.9. The van der Waals surface area contributed by atoms with Gasteiger partial charge in [-0.15, -0.1) is 0 Å². The third kappa shape index (κ3) is 4.39. The highest BCUT2D eigenvalue weighted by Crippen LogP contribution is 2.24. The molecule has 0 unspecified atom stereocenters. The van der Waals surface area contributed by atoms with Gasteiger partial charge in [0.05, 0.1) is 26.2 Å². The summed E-state index contributed by atoms with van der Waals surface area (Å²) < 4.78 is 0. The maximum atomic E-state index is 12.9. The van der Waals surface area contributed by atoms with Gasteiger partial charge in [-0.25, -0.2) is 0 Å². The van der Waals surface area contributed by atoms with Crippen LogP contribution in [0.4, 0.5) is 11.4 Å². The zero-order valence-corrected chi connectivity index (χ0v) is 17.9. The van der Waals surface area contributed by atoms with Gasteiger partial charge in [0.15, 0.2) is 6.04 Å². The van der Waals surface area contributed by atoms with E-state index in [0.29, 0.717) is 5.92 Å². The molecule has 1 saturated heterocycles. The van der Waals surface area contributed by atoms with Crippen molar-refractivity contribution in [2.75, 3.05) is 36.4 Å². The van der Waals surface area contributed by atoms with E-state index in [9.17, 15) is 4.79 Å². The minimum atomic E-state index is -0.0547. The van der Waals surface area contributed by atoms with Crippen LogP contribution in [-0.4, -0.2) is 38.1 Å². The number of carbonyl (C=O) groups is 1. The molecular formula is C24H34N3O+. The summed E-state index contributed by atoms with van der Waals surface area (Å²) in [6.45, 7) is 14.7. The van der Waals surface area contributed by atoms with E-state index in [1.165, 1.54) is 27.3 Å². The number of nitrogens with one attached hydrogen (secondary N) is 2. The molecule has 4 heteroatoms. The SMILES string of the molecule is Cc1cccc(N2CC[NH+]([C@@H](C)C(=O)Nc3ccccc3C(C)C)CC2)c1C. The first-order valence-electron chi connectivity index (χ1n) is 10.4. The van der Waals surface area contributed by atoms with Crippen LogP contribution in [0.5, 0.6) is 0 Å². The monoisotopic (exact) mass is 380 g/mol. The summed E-state index contributed by atoms with van der Waals surface area (Å²) >= 11 is 0. The number of quaternary nitrogens is 1. The fraction of sp³-hybridized carbons (Fsp3) is 0.458. The second-order valence-corrected chi connectivity index (χ2v) is 8.32. The molecule has 28 heavy (non-hydrogen) atoms. The fourth-order valence-electron chi connectivity index (χ4n) is 4.09. The minimum Gasteiger partial charge on any atom is -0.360 e. The van der Waals surface area contributed by atoms with Crippen LogP contribution in [-0.2, 0) is 4.79 Å². The average Bonchev–Trinajstić information content (AvgIpc) is 2.70. The number of para-hydroxylation sites is 1. The lowest BCUT2D eigenvalue weighted by molar-refractivity contribution is -0.914. The molecule has 1 aliphatic heterocycles. The molecule has 1 amide bonds. The van der Waals surface area contributed by atoms with E-state index in [4.69, 9.17) is 0 Å². The lowest BCUT2D eigenvalue weighted by Crippen LogP contribution is -3.19. The number of anilines is 2. The predicted octanol–water partition coefficient (Wildman–Crippen LogP) is 3.16. The van der Waals surface area contributed by atoms with Crippen molar-refractivity contribution in [2.24, 2.45) is 0 Å². The van der Waals surface area contributed by atoms with Gasteiger partial charge in [-0.2, -0.15) is 0 Å². The third-order valence-corrected chi connectivity index (χ3v) is 6.17. The number of carbonyl (C=O) groups excluding carboxylic acids is 1. The Morgan fingerprint density at radius 3 is 2.36 bits per heavy atom. The first kappa shape index (κ1) is 20.4. The summed E-state index contributed by atoms with van der Waals surface area (Å²) in [5, 5.41) is 3.18. The number of aryl methyl sites for hydroxylation is 1. The van der Waals surface area contributed by atoms with Crippen molar-refractivity contribution in [1.82, 2.24) is 0 Å². The predicted molar refractivity (Wildman–Crippen MR) is 117 cm³/mol. The summed E-state index contributed by atoms with van der Waals surface area (Å²) in [6, 6.07) is 14.6. The average molecular weight is 381 g/mol. The normalized spacial score (nSPS) is 16.3. The van der Waals surface area contributed by atoms with Gasteiger partial charge >= 0.3 is 0 Å². The molecule has 0 saturated carbocycles. The molecule has 1 atom stereocenters. The van der Waals surface area contributed by atoms with Crippen molar-refractivity contribution in [2.45, 2.75) is 46.6 Å². The van der Waals surface area contributed by atoms with E-state index in [1.54, 1.807) is 0 Å². The quantitative estimate of drug-likeness (QED) is 0.836. The van der Waals surface area contributed by atoms with E-state index < -0.39 is 0 Å². The highest BCUT2D eigenvalue weighted by Gasteiger charge is 2.30. The smallest absolute Gasteiger partial charge is 0.282 e. The fourth-order valence-corrected chi connectivity index (χ4v) is 4.09. The van der Waals surface area contributed by atoms with Crippen molar-refractivity contribution in [1.29, 1.82) is 0 Å². The van der Waals surface area contributed by atoms with E-state index >= 15 is 0 Å². The molecule has 1 fully saturated rings. The van der Waals surface area contributed by atoms with Crippen LogP contribution >= 0.6 is 0 Å². The summed E-state index contributed by atoms with van der Waals surface area (Å²) in [4.78, 5) is 16.7. The first-order valence-corrected chi connectivity index (χ1v) is 10.4. The second-order valence-electron chi connectivity index (χ2n) is 8.32. The number of hydrogen-bond acceptors (Lipinski definition) is 2. The topological polar surface area (TPSA) is 36.8 Å². The highest BCUT2D eigenvalue weighted by molar-refractivity contribution is 5.94. The van der Waals surface area contributed by atoms with Gasteiger partial charge in [0, 0.05) is 11.4 Å². The zero-order valence-electron chi connectivity index (χ0n) is 17.9. The molecule has 0 radical (unpaired) electrons. The first-order chi connectivity index (χ1) is 13.4. The van der Waals surface area contributed by atoms with Gasteiger partial charge in [-0.1, -0.05) is 44.2 Å². The van der Waals surface area contributed by atoms with Crippen molar-refractivity contribution in [3.63, 3.8) is 0 Å². The van der Waals surface area contributed by atoms with Crippen molar-refractivity contribution in [3.8, 4) is 0 Å². The van der Waals surface area contributed by atoms with Gasteiger partial charge in [-0.05, 0) is 55.5 Å². The molecule has 2 aromatic carbocycles. The number of benzene rings is 2. The van der Waals surface area contributed by atoms with Crippen molar-refractivity contribution in [3.05, 3.63) is 59.2 Å². The molecular weight excluding hydrogens is 346 g/mol. The van der Waals surface area contributed by atoms with Crippen molar-refractivity contribution >= 4 is 17.3 Å². The molecule has 0 bridgehead atoms. The molecule has 0 spiro atoms. The van der Waals surface area contributed by atoms with Gasteiger partial charge in [-0.3, -0.25) is 4.79 Å². The van der Waals surface area contributed by atoms with Crippen LogP contribution in [0.1, 0.15) is 43.4 Å². The molecule has 1 aliphatic rings. The number of piperazine rings is 1. The summed E-state index contributed by atoms with van der Waals surface area (Å²) in [5.74, 6) is 0.503. The Balaban J connectivity index is 1.61. The van der Waals surface area contributed by atoms with E-state index in [-0.39, 0.29) is 11.9 Å². The van der Waals surface area contributed by atoms with Gasteiger partial charge < -0.3 is 15.1 Å². The Morgan fingerprint density at radius 2 is 1.68 bits per heavy atom. The molecule has 2 aromatic rings. The number of hydrogen-bond donors (Lipinski definition) is 2. The molecule has 0 aromatic heterocycles. The Hall–Kier alpha value is -2.33. The van der Waals surface area contributed by atoms with Crippen LogP contribution in [0, 0.1) is 13.8 Å². The lowest BCUT2D eigenvalue weighted by Gasteiger charge is -2.36. The maximum Gasteiger partial charge on any atom is 0.282 e. The third-order valence-electron chi connectivity index (χ3n) is 6.17. The number of amides is 1. The van der Waals surface area contributed by atoms with Gasteiger partial charge in [0.25, 0.3) is 5.91 Å². The van der Waals surface area contributed by atoms with E-state index in [1.807, 2.05) is 18.2 Å². The molecule has 0 aliphatic carbocycles. The van der Waals surface area contributed by atoms with Crippen molar-refractivity contribution < 1.29 is 9.69 Å². The molecule has 1 heterocycles. The summed E-state index contributed by atoms with van der Waals surface area (Å²) in [7, 11) is 0. The molecule has 4 nitrogen and oxygen atoms in total. The Kier molecular flexibility index (Phi) is 6.40. The molecule has 2 N–H and O–H groups in total. The van der Waals surface area contributed by atoms with Gasteiger partial charge in [0.1, 0.15) is 0 Å².